The lowest BCUT2D eigenvalue weighted by atomic mass is 10.3. The van der Waals surface area contributed by atoms with Crippen LogP contribution in [0.1, 0.15) is 40.5 Å². The van der Waals surface area contributed by atoms with E-state index in [2.05, 4.69) is 0 Å². The number of hydrogen-bond donors (Lipinski definition) is 0. The molecule has 68 valence electrons. The van der Waals surface area contributed by atoms with Gasteiger partial charge in [0.1, 0.15) is 0 Å². The molecular formula is C8H19O2P. The molecule has 0 saturated heterocycles. The topological polar surface area (TPSA) is 26.3 Å². The Bertz CT molecular complexity index is 125. The molecule has 0 aromatic heterocycles. The molecular weight excluding hydrogens is 159 g/mol. The van der Waals surface area contributed by atoms with E-state index in [1.54, 1.807) is 0 Å². The molecule has 0 spiro atoms. The van der Waals surface area contributed by atoms with Crippen LogP contribution in [0, 0.1) is 0 Å². The maximum absolute atomic E-state index is 11.3. The normalized spacial score (nSPS) is 19.3. The van der Waals surface area contributed by atoms with Crippen molar-refractivity contribution in [3.05, 3.63) is 0 Å². The van der Waals surface area contributed by atoms with E-state index in [9.17, 15) is 4.57 Å². The van der Waals surface area contributed by atoms with Crippen molar-refractivity contribution < 1.29 is 9.09 Å². The smallest absolute Gasteiger partial charge is 0.194 e. The maximum Gasteiger partial charge on any atom is 0.194 e. The van der Waals surface area contributed by atoms with Gasteiger partial charge in [0.2, 0.25) is 0 Å². The summed E-state index contributed by atoms with van der Waals surface area (Å²) in [5, 5.41) is 0. The highest BCUT2D eigenvalue weighted by Gasteiger charge is 2.11. The van der Waals surface area contributed by atoms with Gasteiger partial charge in [-0.25, -0.2) is 0 Å². The minimum absolute atomic E-state index is 0.149. The molecule has 0 amide bonds. The van der Waals surface area contributed by atoms with Crippen LogP contribution < -0.4 is 0 Å². The second kappa shape index (κ2) is 5.79. The summed E-state index contributed by atoms with van der Waals surface area (Å²) in [7, 11) is -1.78. The first kappa shape index (κ1) is 11.2. The average molecular weight is 178 g/mol. The monoisotopic (exact) mass is 178 g/mol. The van der Waals surface area contributed by atoms with Gasteiger partial charge >= 0.3 is 0 Å². The molecule has 2 nitrogen and oxygen atoms in total. The lowest BCUT2D eigenvalue weighted by Crippen LogP contribution is -2.04. The molecule has 0 heterocycles. The van der Waals surface area contributed by atoms with Gasteiger partial charge in [-0.05, 0) is 19.8 Å². The Kier molecular flexibility index (Phi) is 5.89. The minimum Gasteiger partial charge on any atom is -0.327 e. The third-order valence-corrected chi connectivity index (χ3v) is 3.75. The fourth-order valence-electron chi connectivity index (χ4n) is 0.564. The van der Waals surface area contributed by atoms with E-state index < -0.39 is 8.03 Å². The van der Waals surface area contributed by atoms with Crippen LogP contribution in [0.3, 0.4) is 0 Å². The van der Waals surface area contributed by atoms with Crippen molar-refractivity contribution in [2.75, 3.05) is 0 Å². The minimum atomic E-state index is -1.78. The Morgan fingerprint density at radius 3 is 2.18 bits per heavy atom. The van der Waals surface area contributed by atoms with Gasteiger partial charge in [0, 0.05) is 5.66 Å². The molecule has 0 aliphatic carbocycles. The van der Waals surface area contributed by atoms with Crippen LogP contribution in [-0.2, 0) is 9.09 Å². The largest absolute Gasteiger partial charge is 0.327 e. The second-order valence-electron chi connectivity index (χ2n) is 2.97. The molecule has 0 bridgehead atoms. The van der Waals surface area contributed by atoms with Crippen molar-refractivity contribution in [1.29, 1.82) is 0 Å². The average Bonchev–Trinajstić information content (AvgIpc) is 2.02. The Morgan fingerprint density at radius 1 is 1.27 bits per heavy atom. The Morgan fingerprint density at radius 2 is 1.82 bits per heavy atom. The van der Waals surface area contributed by atoms with Gasteiger partial charge < -0.3 is 4.52 Å². The third kappa shape index (κ3) is 4.60. The van der Waals surface area contributed by atoms with Crippen molar-refractivity contribution in [1.82, 2.24) is 0 Å². The summed E-state index contributed by atoms with van der Waals surface area (Å²) in [5.74, 6) is 0. The van der Waals surface area contributed by atoms with Crippen molar-refractivity contribution in [3.8, 4) is 0 Å². The summed E-state index contributed by atoms with van der Waals surface area (Å²) in [5.41, 5.74) is 0.231. The van der Waals surface area contributed by atoms with E-state index in [0.717, 1.165) is 12.8 Å². The van der Waals surface area contributed by atoms with Gasteiger partial charge in [-0.15, -0.1) is 0 Å². The maximum atomic E-state index is 11.3. The highest BCUT2D eigenvalue weighted by atomic mass is 31.1. The van der Waals surface area contributed by atoms with Crippen molar-refractivity contribution in [2.24, 2.45) is 0 Å². The van der Waals surface area contributed by atoms with Gasteiger partial charge in [-0.1, -0.05) is 20.8 Å². The predicted octanol–water partition coefficient (Wildman–Crippen LogP) is 3.07. The quantitative estimate of drug-likeness (QED) is 0.605. The molecule has 0 fully saturated rings. The highest BCUT2D eigenvalue weighted by molar-refractivity contribution is 7.40. The fourth-order valence-corrected chi connectivity index (χ4v) is 1.69. The van der Waals surface area contributed by atoms with Crippen LogP contribution in [0.15, 0.2) is 0 Å². The molecule has 0 aliphatic rings. The van der Waals surface area contributed by atoms with Gasteiger partial charge in [0.15, 0.2) is 8.03 Å². The predicted molar refractivity (Wildman–Crippen MR) is 49.6 cm³/mol. The van der Waals surface area contributed by atoms with Crippen LogP contribution >= 0.6 is 8.03 Å². The van der Waals surface area contributed by atoms with E-state index in [-0.39, 0.29) is 11.8 Å². The summed E-state index contributed by atoms with van der Waals surface area (Å²) in [4.78, 5) is 0. The fraction of sp³-hybridized carbons (Fsp3) is 1.00. The van der Waals surface area contributed by atoms with E-state index in [1.165, 1.54) is 0 Å². The number of rotatable bonds is 5. The van der Waals surface area contributed by atoms with Gasteiger partial charge in [0.05, 0.1) is 6.10 Å². The zero-order valence-electron chi connectivity index (χ0n) is 7.89. The first-order chi connectivity index (χ1) is 5.11. The molecule has 0 aromatic rings. The highest BCUT2D eigenvalue weighted by Crippen LogP contribution is 2.33. The zero-order chi connectivity index (χ0) is 8.85. The first-order valence-electron chi connectivity index (χ1n) is 4.32. The molecule has 0 saturated carbocycles. The van der Waals surface area contributed by atoms with Gasteiger partial charge in [-0.3, -0.25) is 4.57 Å². The molecule has 11 heavy (non-hydrogen) atoms. The zero-order valence-corrected chi connectivity index (χ0v) is 8.89. The van der Waals surface area contributed by atoms with E-state index >= 15 is 0 Å². The van der Waals surface area contributed by atoms with Crippen molar-refractivity contribution >= 4 is 8.03 Å². The molecule has 0 rings (SSSR count). The first-order valence-corrected chi connectivity index (χ1v) is 5.71. The lowest BCUT2D eigenvalue weighted by molar-refractivity contribution is 0.227. The molecule has 0 N–H and O–H groups in total. The molecule has 3 heteroatoms. The van der Waals surface area contributed by atoms with E-state index in [4.69, 9.17) is 4.52 Å². The van der Waals surface area contributed by atoms with Crippen molar-refractivity contribution in [3.63, 3.8) is 0 Å². The van der Waals surface area contributed by atoms with Crippen LogP contribution in [0.4, 0.5) is 0 Å². The van der Waals surface area contributed by atoms with Crippen molar-refractivity contribution in [2.45, 2.75) is 52.3 Å². The number of hydrogen-bond acceptors (Lipinski definition) is 2. The summed E-state index contributed by atoms with van der Waals surface area (Å²) in [6.07, 6.45) is 2.02. The van der Waals surface area contributed by atoms with Crippen LogP contribution in [-0.4, -0.2) is 11.8 Å². The summed E-state index contributed by atoms with van der Waals surface area (Å²) < 4.78 is 16.6. The van der Waals surface area contributed by atoms with Gasteiger partial charge in [0.25, 0.3) is 0 Å². The summed E-state index contributed by atoms with van der Waals surface area (Å²) in [6.45, 7) is 8.01. The Labute approximate surface area is 70.2 Å². The lowest BCUT2D eigenvalue weighted by Gasteiger charge is -2.13. The SMILES string of the molecule is CCC(C)O[PH](=O)C(C)CC. The molecule has 0 radical (unpaired) electrons. The Balaban J connectivity index is 3.68. The summed E-state index contributed by atoms with van der Waals surface area (Å²) >= 11 is 0. The van der Waals surface area contributed by atoms with E-state index in [1.807, 2.05) is 27.7 Å². The van der Waals surface area contributed by atoms with Crippen LogP contribution in [0.5, 0.6) is 0 Å². The third-order valence-electron chi connectivity index (χ3n) is 1.91. The van der Waals surface area contributed by atoms with Crippen LogP contribution in [0.25, 0.3) is 0 Å². The standard InChI is InChI=1S/C8H19O2P/c1-5-7(3)10-11(9)8(4)6-2/h7-8,11H,5-6H2,1-4H3. The Hall–Kier alpha value is 0.190. The molecule has 0 aliphatic heterocycles. The van der Waals surface area contributed by atoms with E-state index in [0.29, 0.717) is 0 Å². The van der Waals surface area contributed by atoms with Gasteiger partial charge in [-0.2, -0.15) is 0 Å². The second-order valence-corrected chi connectivity index (χ2v) is 4.82. The molecule has 0 aromatic carbocycles. The van der Waals surface area contributed by atoms with Crippen LogP contribution in [0.2, 0.25) is 0 Å². The molecule has 3 unspecified atom stereocenters. The molecule has 3 atom stereocenters. The summed E-state index contributed by atoms with van der Waals surface area (Å²) in [6, 6.07) is 0.